The van der Waals surface area contributed by atoms with Crippen molar-refractivity contribution in [2.24, 2.45) is 4.99 Å². The first kappa shape index (κ1) is 25.3. The standard InChI is InChI=1S/C30H27N7O3/c31-15-18-10-13-23(25(14-18)37-16-20-11-12-21(17-37)39-20)27(32)40-30(33)36-28-29(38)34-24-9-5-4-8-22(24)26(35-28)19-6-2-1-3-7-19/h1-10,13-14,20-21,28,32H,11-12,16-17H2,(H2,33,36)(H,34,38). The normalized spacial score (nSPS) is 21.3. The second-order valence-corrected chi connectivity index (χ2v) is 9.89. The van der Waals surface area contributed by atoms with Gasteiger partial charge in [-0.15, -0.1) is 0 Å². The number of carbonyl (C=O) groups is 1. The third-order valence-corrected chi connectivity index (χ3v) is 7.22. The van der Waals surface area contributed by atoms with E-state index >= 15 is 0 Å². The number of benzene rings is 3. The lowest BCUT2D eigenvalue weighted by Crippen LogP contribution is -2.44. The lowest BCUT2D eigenvalue weighted by molar-refractivity contribution is -0.117. The van der Waals surface area contributed by atoms with E-state index in [4.69, 9.17) is 20.3 Å². The first-order valence-corrected chi connectivity index (χ1v) is 13.1. The monoisotopic (exact) mass is 533 g/mol. The van der Waals surface area contributed by atoms with Gasteiger partial charge in [0.15, 0.2) is 0 Å². The highest BCUT2D eigenvalue weighted by atomic mass is 16.5. The molecule has 2 fully saturated rings. The molecule has 200 valence electrons. The molecule has 2 bridgehead atoms. The summed E-state index contributed by atoms with van der Waals surface area (Å²) >= 11 is 0. The van der Waals surface area contributed by atoms with Gasteiger partial charge in [-0.1, -0.05) is 48.5 Å². The molecule has 10 heteroatoms. The number of benzodiazepines with no additional fused rings is 1. The first-order valence-electron chi connectivity index (χ1n) is 13.1. The molecule has 0 spiro atoms. The highest BCUT2D eigenvalue weighted by Gasteiger charge is 2.35. The van der Waals surface area contributed by atoms with Gasteiger partial charge in [-0.3, -0.25) is 15.6 Å². The van der Waals surface area contributed by atoms with Crippen LogP contribution in [0.1, 0.15) is 35.1 Å². The van der Waals surface area contributed by atoms with Crippen LogP contribution in [0.15, 0.2) is 77.8 Å². The van der Waals surface area contributed by atoms with Gasteiger partial charge in [-0.2, -0.15) is 5.26 Å². The van der Waals surface area contributed by atoms with E-state index in [2.05, 4.69) is 26.6 Å². The Kier molecular flexibility index (Phi) is 6.72. The van der Waals surface area contributed by atoms with Gasteiger partial charge < -0.3 is 25.0 Å². The van der Waals surface area contributed by atoms with Gasteiger partial charge in [-0.05, 0) is 37.1 Å². The molecule has 3 aromatic rings. The number of nitrogens with one attached hydrogen (secondary N) is 4. The number of carbonyl (C=O) groups excluding carboxylic acids is 1. The minimum atomic E-state index is -1.17. The zero-order valence-electron chi connectivity index (χ0n) is 21.6. The summed E-state index contributed by atoms with van der Waals surface area (Å²) in [6.45, 7) is 1.31. The van der Waals surface area contributed by atoms with Crippen LogP contribution in [0.25, 0.3) is 0 Å². The molecule has 3 atom stereocenters. The minimum absolute atomic E-state index is 0.113. The molecule has 0 aromatic heterocycles. The number of amidine groups is 1. The Morgan fingerprint density at radius 1 is 1.05 bits per heavy atom. The molecule has 40 heavy (non-hydrogen) atoms. The summed E-state index contributed by atoms with van der Waals surface area (Å²) in [5.41, 5.74) is 4.37. The van der Waals surface area contributed by atoms with E-state index in [1.807, 2.05) is 48.5 Å². The van der Waals surface area contributed by atoms with Crippen molar-refractivity contribution < 1.29 is 14.3 Å². The smallest absolute Gasteiger partial charge is 0.290 e. The van der Waals surface area contributed by atoms with E-state index < -0.39 is 18.1 Å². The molecule has 4 N–H and O–H groups in total. The van der Waals surface area contributed by atoms with Crippen LogP contribution >= 0.6 is 0 Å². The molecule has 3 heterocycles. The SMILES string of the molecule is N#Cc1ccc(C(=N)OC(=N)NC2N=C(c3ccccc3)c3ccccc3NC2=O)c(N2CC3CCC(C2)O3)c1. The molecule has 2 saturated heterocycles. The third-order valence-electron chi connectivity index (χ3n) is 7.22. The Balaban J connectivity index is 1.24. The number of hydrogen-bond acceptors (Lipinski definition) is 8. The van der Waals surface area contributed by atoms with E-state index in [0.29, 0.717) is 41.3 Å². The Bertz CT molecular complexity index is 1550. The third kappa shape index (κ3) is 5.02. The van der Waals surface area contributed by atoms with Gasteiger partial charge >= 0.3 is 0 Å². The Hall–Kier alpha value is -5.01. The van der Waals surface area contributed by atoms with Crippen molar-refractivity contribution in [3.63, 3.8) is 0 Å². The van der Waals surface area contributed by atoms with Crippen LogP contribution < -0.4 is 15.5 Å². The number of hydrogen-bond donors (Lipinski definition) is 4. The van der Waals surface area contributed by atoms with Gasteiger partial charge in [0, 0.05) is 24.2 Å². The van der Waals surface area contributed by atoms with Crippen molar-refractivity contribution in [1.82, 2.24) is 5.32 Å². The molecule has 0 saturated carbocycles. The predicted octanol–water partition coefficient (Wildman–Crippen LogP) is 3.61. The molecule has 3 aliphatic rings. The Morgan fingerprint density at radius 2 is 1.77 bits per heavy atom. The molecular weight excluding hydrogens is 506 g/mol. The second-order valence-electron chi connectivity index (χ2n) is 9.89. The number of ether oxygens (including phenoxy) is 2. The molecular formula is C30H27N7O3. The maximum Gasteiger partial charge on any atom is 0.290 e. The van der Waals surface area contributed by atoms with Crippen molar-refractivity contribution in [2.45, 2.75) is 31.2 Å². The van der Waals surface area contributed by atoms with E-state index in [-0.39, 0.29) is 18.1 Å². The number of nitrogens with zero attached hydrogens (tertiary/aromatic N) is 3. The van der Waals surface area contributed by atoms with Crippen molar-refractivity contribution in [3.8, 4) is 6.07 Å². The van der Waals surface area contributed by atoms with E-state index in [0.717, 1.165) is 24.0 Å². The summed E-state index contributed by atoms with van der Waals surface area (Å²) in [6, 6.07) is 23.6. The number of para-hydroxylation sites is 1. The highest BCUT2D eigenvalue weighted by Crippen LogP contribution is 2.32. The quantitative estimate of drug-likeness (QED) is 0.298. The fourth-order valence-corrected chi connectivity index (χ4v) is 5.36. The largest absolute Gasteiger partial charge is 0.407 e. The maximum absolute atomic E-state index is 13.1. The van der Waals surface area contributed by atoms with Crippen molar-refractivity contribution in [1.29, 1.82) is 16.1 Å². The summed E-state index contributed by atoms with van der Waals surface area (Å²) < 4.78 is 11.5. The average Bonchev–Trinajstić information content (AvgIpc) is 3.25. The number of morpholine rings is 1. The summed E-state index contributed by atoms with van der Waals surface area (Å²) in [7, 11) is 0. The number of fused-ring (bicyclic) bond motifs is 3. The first-order chi connectivity index (χ1) is 19.5. The Morgan fingerprint density at radius 3 is 2.52 bits per heavy atom. The van der Waals surface area contributed by atoms with Crippen LogP contribution in [-0.2, 0) is 14.3 Å². The molecule has 10 nitrogen and oxygen atoms in total. The van der Waals surface area contributed by atoms with Gasteiger partial charge in [0.1, 0.15) is 0 Å². The summed E-state index contributed by atoms with van der Waals surface area (Å²) in [5.74, 6) is -0.735. The minimum Gasteiger partial charge on any atom is -0.407 e. The molecule has 0 radical (unpaired) electrons. The maximum atomic E-state index is 13.1. The van der Waals surface area contributed by atoms with E-state index in [1.54, 1.807) is 24.3 Å². The van der Waals surface area contributed by atoms with Gasteiger partial charge in [0.2, 0.25) is 12.1 Å². The van der Waals surface area contributed by atoms with Crippen molar-refractivity contribution in [3.05, 3.63) is 95.1 Å². The molecule has 1 amide bonds. The fourth-order valence-electron chi connectivity index (χ4n) is 5.36. The number of nitriles is 1. The zero-order chi connectivity index (χ0) is 27.6. The van der Waals surface area contributed by atoms with Crippen molar-refractivity contribution in [2.75, 3.05) is 23.3 Å². The molecule has 3 aromatic carbocycles. The zero-order valence-corrected chi connectivity index (χ0v) is 21.6. The number of amides is 1. The van der Waals surface area contributed by atoms with Crippen LogP contribution in [0.3, 0.4) is 0 Å². The molecule has 6 rings (SSSR count). The van der Waals surface area contributed by atoms with Crippen molar-refractivity contribution >= 4 is 34.9 Å². The topological polar surface area (TPSA) is 147 Å². The average molecular weight is 534 g/mol. The molecule has 3 aliphatic heterocycles. The number of rotatable bonds is 4. The Labute approximate surface area is 231 Å². The lowest BCUT2D eigenvalue weighted by Gasteiger charge is -2.35. The van der Waals surface area contributed by atoms with E-state index in [9.17, 15) is 10.1 Å². The summed E-state index contributed by atoms with van der Waals surface area (Å²) in [4.78, 5) is 19.9. The predicted molar refractivity (Wildman–Crippen MR) is 151 cm³/mol. The van der Waals surface area contributed by atoms with E-state index in [1.165, 1.54) is 0 Å². The van der Waals surface area contributed by atoms with Gasteiger partial charge in [0.25, 0.3) is 11.9 Å². The summed E-state index contributed by atoms with van der Waals surface area (Å²) in [5, 5.41) is 32.2. The van der Waals surface area contributed by atoms with Crippen LogP contribution in [-0.4, -0.2) is 55.0 Å². The fraction of sp³-hybridized carbons (Fsp3) is 0.233. The number of anilines is 2. The second kappa shape index (κ2) is 10.6. The van der Waals surface area contributed by atoms with Gasteiger partial charge in [0.05, 0.1) is 46.5 Å². The molecule has 0 aliphatic carbocycles. The van der Waals surface area contributed by atoms with Gasteiger partial charge in [-0.25, -0.2) is 4.99 Å². The number of aliphatic imine (C=N–C) groups is 1. The highest BCUT2D eigenvalue weighted by molar-refractivity contribution is 6.19. The van der Waals surface area contributed by atoms with Crippen LogP contribution in [0.5, 0.6) is 0 Å². The van der Waals surface area contributed by atoms with Crippen LogP contribution in [0.4, 0.5) is 11.4 Å². The molecule has 3 unspecified atom stereocenters. The summed E-state index contributed by atoms with van der Waals surface area (Å²) in [6.07, 6.45) is 1.02. The van der Waals surface area contributed by atoms with Crippen LogP contribution in [0.2, 0.25) is 0 Å². The van der Waals surface area contributed by atoms with Crippen LogP contribution in [0, 0.1) is 22.1 Å². The lowest BCUT2D eigenvalue weighted by atomic mass is 10.0.